The molecule has 0 bridgehead atoms. The first kappa shape index (κ1) is 11.2. The molecule has 0 saturated carbocycles. The normalized spacial score (nSPS) is 9.94. The van der Waals surface area contributed by atoms with Crippen LogP contribution in [0.1, 0.15) is 11.1 Å². The molecule has 2 N–H and O–H groups in total. The summed E-state index contributed by atoms with van der Waals surface area (Å²) in [5.41, 5.74) is 7.75. The van der Waals surface area contributed by atoms with Crippen LogP contribution >= 0.6 is 0 Å². The topological polar surface area (TPSA) is 62.7 Å². The van der Waals surface area contributed by atoms with Crippen molar-refractivity contribution in [2.75, 3.05) is 0 Å². The molecule has 0 spiro atoms. The standard InChI is InChI=1S/C13H10FN3/c14-13-2-1-9(5-15)4-12(13)11-3-10(6-16)7-17-8-11/h1-4,7-8H,5,15H2. The van der Waals surface area contributed by atoms with Crippen LogP contribution in [0.2, 0.25) is 0 Å². The first-order chi connectivity index (χ1) is 8.24. The highest BCUT2D eigenvalue weighted by molar-refractivity contribution is 5.65. The Morgan fingerprint density at radius 1 is 1.29 bits per heavy atom. The molecule has 84 valence electrons. The van der Waals surface area contributed by atoms with Gasteiger partial charge in [-0.15, -0.1) is 0 Å². The van der Waals surface area contributed by atoms with Crippen LogP contribution in [0.4, 0.5) is 4.39 Å². The predicted molar refractivity (Wildman–Crippen MR) is 62.2 cm³/mol. The number of hydrogen-bond donors (Lipinski definition) is 1. The maximum absolute atomic E-state index is 13.7. The summed E-state index contributed by atoms with van der Waals surface area (Å²) in [5.74, 6) is -0.348. The molecule has 0 atom stereocenters. The second-order valence-corrected chi connectivity index (χ2v) is 3.59. The molecule has 0 saturated heterocycles. The fourth-order valence-corrected chi connectivity index (χ4v) is 1.57. The van der Waals surface area contributed by atoms with Gasteiger partial charge in [0, 0.05) is 30.1 Å². The lowest BCUT2D eigenvalue weighted by atomic mass is 10.0. The number of aromatic nitrogens is 1. The van der Waals surface area contributed by atoms with Gasteiger partial charge in [-0.2, -0.15) is 5.26 Å². The Bertz CT molecular complexity index is 587. The number of halogens is 1. The van der Waals surface area contributed by atoms with E-state index in [2.05, 4.69) is 4.98 Å². The number of nitrogens with two attached hydrogens (primary N) is 1. The average molecular weight is 227 g/mol. The van der Waals surface area contributed by atoms with E-state index < -0.39 is 0 Å². The number of nitrogens with zero attached hydrogens (tertiary/aromatic N) is 2. The molecule has 1 heterocycles. The van der Waals surface area contributed by atoms with Crippen molar-refractivity contribution in [3.63, 3.8) is 0 Å². The fourth-order valence-electron chi connectivity index (χ4n) is 1.57. The summed E-state index contributed by atoms with van der Waals surface area (Å²) >= 11 is 0. The fraction of sp³-hybridized carbons (Fsp3) is 0.0769. The Morgan fingerprint density at radius 3 is 2.82 bits per heavy atom. The molecule has 0 amide bonds. The van der Waals surface area contributed by atoms with Crippen molar-refractivity contribution >= 4 is 0 Å². The molecule has 1 aromatic carbocycles. The smallest absolute Gasteiger partial charge is 0.131 e. The van der Waals surface area contributed by atoms with Crippen LogP contribution in [-0.4, -0.2) is 4.98 Å². The molecule has 0 aliphatic heterocycles. The Hall–Kier alpha value is -2.25. The third-order valence-corrected chi connectivity index (χ3v) is 2.44. The Labute approximate surface area is 98.3 Å². The first-order valence-corrected chi connectivity index (χ1v) is 5.08. The molecule has 1 aromatic heterocycles. The maximum atomic E-state index is 13.7. The van der Waals surface area contributed by atoms with Crippen molar-refractivity contribution in [1.82, 2.24) is 4.98 Å². The van der Waals surface area contributed by atoms with Crippen molar-refractivity contribution in [1.29, 1.82) is 5.26 Å². The number of pyridine rings is 1. The van der Waals surface area contributed by atoms with E-state index in [-0.39, 0.29) is 5.82 Å². The first-order valence-electron chi connectivity index (χ1n) is 5.08. The van der Waals surface area contributed by atoms with Crippen LogP contribution in [0.15, 0.2) is 36.7 Å². The zero-order valence-electron chi connectivity index (χ0n) is 9.02. The van der Waals surface area contributed by atoms with Gasteiger partial charge in [0.05, 0.1) is 5.56 Å². The highest BCUT2D eigenvalue weighted by Crippen LogP contribution is 2.23. The third-order valence-electron chi connectivity index (χ3n) is 2.44. The van der Waals surface area contributed by atoms with Crippen molar-refractivity contribution in [3.05, 3.63) is 53.6 Å². The largest absolute Gasteiger partial charge is 0.326 e. The average Bonchev–Trinajstić information content (AvgIpc) is 2.39. The van der Waals surface area contributed by atoms with E-state index in [1.807, 2.05) is 6.07 Å². The number of hydrogen-bond acceptors (Lipinski definition) is 3. The third kappa shape index (κ3) is 2.30. The lowest BCUT2D eigenvalue weighted by Crippen LogP contribution is -1.97. The maximum Gasteiger partial charge on any atom is 0.131 e. The minimum absolute atomic E-state index is 0.346. The highest BCUT2D eigenvalue weighted by atomic mass is 19.1. The van der Waals surface area contributed by atoms with Gasteiger partial charge in [0.15, 0.2) is 0 Å². The Balaban J connectivity index is 2.55. The summed E-state index contributed by atoms with van der Waals surface area (Å²) < 4.78 is 13.7. The number of rotatable bonds is 2. The summed E-state index contributed by atoms with van der Waals surface area (Å²) in [6.07, 6.45) is 2.97. The van der Waals surface area contributed by atoms with Gasteiger partial charge >= 0.3 is 0 Å². The molecule has 0 aliphatic rings. The lowest BCUT2D eigenvalue weighted by molar-refractivity contribution is 0.630. The van der Waals surface area contributed by atoms with E-state index in [9.17, 15) is 4.39 Å². The Morgan fingerprint density at radius 2 is 2.12 bits per heavy atom. The van der Waals surface area contributed by atoms with Gasteiger partial charge in [-0.25, -0.2) is 4.39 Å². The molecular weight excluding hydrogens is 217 g/mol. The summed E-state index contributed by atoms with van der Waals surface area (Å²) in [6.45, 7) is 0.346. The summed E-state index contributed by atoms with van der Waals surface area (Å²) in [6, 6.07) is 8.26. The van der Waals surface area contributed by atoms with Gasteiger partial charge < -0.3 is 5.73 Å². The van der Waals surface area contributed by atoms with Crippen LogP contribution in [0.3, 0.4) is 0 Å². The lowest BCUT2D eigenvalue weighted by Gasteiger charge is -2.05. The van der Waals surface area contributed by atoms with Crippen molar-refractivity contribution in [2.45, 2.75) is 6.54 Å². The molecule has 2 aromatic rings. The van der Waals surface area contributed by atoms with Gasteiger partial charge in [-0.05, 0) is 23.8 Å². The second-order valence-electron chi connectivity index (χ2n) is 3.59. The predicted octanol–water partition coefficient (Wildman–Crippen LogP) is 2.22. The molecular formula is C13H10FN3. The van der Waals surface area contributed by atoms with E-state index >= 15 is 0 Å². The minimum Gasteiger partial charge on any atom is -0.326 e. The van der Waals surface area contributed by atoms with Crippen LogP contribution < -0.4 is 5.73 Å². The van der Waals surface area contributed by atoms with E-state index in [1.54, 1.807) is 18.2 Å². The van der Waals surface area contributed by atoms with Crippen molar-refractivity contribution in [3.8, 4) is 17.2 Å². The van der Waals surface area contributed by atoms with Crippen LogP contribution in [-0.2, 0) is 6.54 Å². The molecule has 3 nitrogen and oxygen atoms in total. The van der Waals surface area contributed by atoms with Crippen LogP contribution in [0.5, 0.6) is 0 Å². The monoisotopic (exact) mass is 227 g/mol. The minimum atomic E-state index is -0.348. The van der Waals surface area contributed by atoms with Crippen molar-refractivity contribution < 1.29 is 4.39 Å². The molecule has 0 fully saturated rings. The molecule has 0 radical (unpaired) electrons. The Kier molecular flexibility index (Phi) is 3.12. The molecule has 0 aliphatic carbocycles. The number of benzene rings is 1. The summed E-state index contributed by atoms with van der Waals surface area (Å²) in [7, 11) is 0. The van der Waals surface area contributed by atoms with E-state index in [4.69, 9.17) is 11.0 Å². The molecule has 17 heavy (non-hydrogen) atoms. The molecule has 0 unspecified atom stereocenters. The molecule has 2 rings (SSSR count). The molecule has 4 heteroatoms. The van der Waals surface area contributed by atoms with Crippen LogP contribution in [0, 0.1) is 17.1 Å². The number of nitriles is 1. The van der Waals surface area contributed by atoms with Gasteiger partial charge in [-0.1, -0.05) is 6.07 Å². The zero-order valence-corrected chi connectivity index (χ0v) is 9.02. The van der Waals surface area contributed by atoms with Gasteiger partial charge in [0.25, 0.3) is 0 Å². The van der Waals surface area contributed by atoms with Gasteiger partial charge in [0.2, 0.25) is 0 Å². The van der Waals surface area contributed by atoms with Gasteiger partial charge in [0.1, 0.15) is 11.9 Å². The second kappa shape index (κ2) is 4.73. The van der Waals surface area contributed by atoms with E-state index in [0.29, 0.717) is 23.2 Å². The van der Waals surface area contributed by atoms with E-state index in [1.165, 1.54) is 18.5 Å². The summed E-state index contributed by atoms with van der Waals surface area (Å²) in [4.78, 5) is 3.91. The van der Waals surface area contributed by atoms with E-state index in [0.717, 1.165) is 5.56 Å². The quantitative estimate of drug-likeness (QED) is 0.855. The van der Waals surface area contributed by atoms with Crippen molar-refractivity contribution in [2.24, 2.45) is 5.73 Å². The zero-order chi connectivity index (χ0) is 12.3. The highest BCUT2D eigenvalue weighted by Gasteiger charge is 2.07. The van der Waals surface area contributed by atoms with Crippen LogP contribution in [0.25, 0.3) is 11.1 Å². The summed E-state index contributed by atoms with van der Waals surface area (Å²) in [5, 5.41) is 8.78. The van der Waals surface area contributed by atoms with Gasteiger partial charge in [-0.3, -0.25) is 4.98 Å². The SMILES string of the molecule is N#Cc1cncc(-c2cc(CN)ccc2F)c1.